The Kier molecular flexibility index (Phi) is 8.58. The van der Waals surface area contributed by atoms with E-state index in [1.165, 1.54) is 9.47 Å². The van der Waals surface area contributed by atoms with Gasteiger partial charge in [0.15, 0.2) is 8.32 Å². The molecule has 2 aromatic carbocycles. The van der Waals surface area contributed by atoms with E-state index in [4.69, 9.17) is 13.9 Å². The van der Waals surface area contributed by atoms with Crippen LogP contribution < -0.4 is 4.90 Å². The molecule has 0 aliphatic carbocycles. The highest BCUT2D eigenvalue weighted by Crippen LogP contribution is 2.60. The van der Waals surface area contributed by atoms with Crippen LogP contribution in [0.4, 0.5) is 15.3 Å². The molecule has 0 saturated carbocycles. The van der Waals surface area contributed by atoms with Crippen LogP contribution in [0.2, 0.25) is 18.1 Å². The molecule has 3 amide bonds. The summed E-state index contributed by atoms with van der Waals surface area (Å²) in [6, 6.07) is 13.3. The van der Waals surface area contributed by atoms with Crippen molar-refractivity contribution in [3.63, 3.8) is 0 Å². The first kappa shape index (κ1) is 36.6. The highest BCUT2D eigenvalue weighted by Gasteiger charge is 2.69. The molecule has 11 nitrogen and oxygen atoms in total. The zero-order valence-electron chi connectivity index (χ0n) is 32.0. The van der Waals surface area contributed by atoms with E-state index < -0.39 is 55.4 Å². The average molecular weight is 717 g/mol. The zero-order chi connectivity index (χ0) is 37.6. The van der Waals surface area contributed by atoms with Crippen molar-refractivity contribution in [2.24, 2.45) is 0 Å². The summed E-state index contributed by atoms with van der Waals surface area (Å²) in [4.78, 5) is 62.3. The summed E-state index contributed by atoms with van der Waals surface area (Å²) in [5.41, 5.74) is -0.0501. The van der Waals surface area contributed by atoms with Gasteiger partial charge in [-0.05, 0) is 89.4 Å². The molecule has 2 saturated heterocycles. The average Bonchev–Trinajstić information content (AvgIpc) is 3.64. The molecule has 3 aliphatic heterocycles. The number of ether oxygens (including phenoxy) is 2. The van der Waals surface area contributed by atoms with Crippen LogP contribution in [0.1, 0.15) is 79.9 Å². The monoisotopic (exact) mass is 716 g/mol. The topological polar surface area (TPSA) is 111 Å². The maximum Gasteiger partial charge on any atom is 0.419 e. The maximum absolute atomic E-state index is 15.0. The van der Waals surface area contributed by atoms with Gasteiger partial charge in [0.05, 0.1) is 23.2 Å². The van der Waals surface area contributed by atoms with Crippen molar-refractivity contribution in [2.45, 2.75) is 122 Å². The second kappa shape index (κ2) is 11.9. The van der Waals surface area contributed by atoms with Crippen molar-refractivity contribution in [3.8, 4) is 0 Å². The standard InChI is InChI=1S/C39H52N4O7Si/c1-36(2,3)49-34(46)41-22-26(24-17-13-15-19-27(24)41)39-21-29-31(44)40(10)30(23-48-51(11,12)38(7,8)9)32(45)42(29)33(39)43(35(47)50-37(4,5)6)28-20-16-14-18-25(28)39/h13-20,22,29-30,33H,21,23H2,1-12H3/t29-,30-,33-,39+/m0/s1. The van der Waals surface area contributed by atoms with Gasteiger partial charge in [0, 0.05) is 18.6 Å². The van der Waals surface area contributed by atoms with Crippen molar-refractivity contribution in [1.82, 2.24) is 14.4 Å². The van der Waals surface area contributed by atoms with Gasteiger partial charge in [0.2, 0.25) is 11.8 Å². The summed E-state index contributed by atoms with van der Waals surface area (Å²) >= 11 is 0. The number of benzene rings is 2. The van der Waals surface area contributed by atoms with Crippen LogP contribution in [0, 0.1) is 0 Å². The first-order chi connectivity index (χ1) is 23.5. The number of likely N-dealkylation sites (N-methyl/N-ethyl adjacent to an activating group) is 1. The minimum atomic E-state index is -2.30. The first-order valence-electron chi connectivity index (χ1n) is 17.7. The van der Waals surface area contributed by atoms with Gasteiger partial charge in [0.25, 0.3) is 0 Å². The van der Waals surface area contributed by atoms with Crippen LogP contribution in [-0.4, -0.2) is 89.8 Å². The fourth-order valence-corrected chi connectivity index (χ4v) is 8.51. The Morgan fingerprint density at radius 1 is 0.824 bits per heavy atom. The van der Waals surface area contributed by atoms with Gasteiger partial charge in [-0.3, -0.25) is 19.1 Å². The number of hydrogen-bond acceptors (Lipinski definition) is 7. The van der Waals surface area contributed by atoms with E-state index in [0.29, 0.717) is 16.8 Å². The fourth-order valence-electron chi connectivity index (χ4n) is 7.50. The summed E-state index contributed by atoms with van der Waals surface area (Å²) in [7, 11) is -0.645. The van der Waals surface area contributed by atoms with E-state index in [1.807, 2.05) is 69.3 Å². The molecular weight excluding hydrogens is 665 g/mol. The van der Waals surface area contributed by atoms with Crippen LogP contribution >= 0.6 is 0 Å². The summed E-state index contributed by atoms with van der Waals surface area (Å²) in [6.45, 7) is 21.5. The lowest BCUT2D eigenvalue weighted by Crippen LogP contribution is -2.67. The fraction of sp³-hybridized carbons (Fsp3) is 0.538. The normalized spacial score (nSPS) is 23.8. The molecule has 3 aliphatic rings. The third kappa shape index (κ3) is 5.93. The molecule has 12 heteroatoms. The number of amides is 3. The van der Waals surface area contributed by atoms with E-state index in [9.17, 15) is 19.2 Å². The lowest BCUT2D eigenvalue weighted by molar-refractivity contribution is -0.161. The largest absolute Gasteiger partial charge is 0.443 e. The number of aromatic nitrogens is 1. The zero-order valence-corrected chi connectivity index (χ0v) is 33.0. The summed E-state index contributed by atoms with van der Waals surface area (Å²) in [6.07, 6.45) is -0.226. The lowest BCUT2D eigenvalue weighted by Gasteiger charge is -2.46. The van der Waals surface area contributed by atoms with Crippen LogP contribution in [0.3, 0.4) is 0 Å². The molecule has 0 N–H and O–H groups in total. The molecule has 4 heterocycles. The molecule has 0 unspecified atom stereocenters. The van der Waals surface area contributed by atoms with Gasteiger partial charge in [-0.15, -0.1) is 0 Å². The molecule has 3 aromatic rings. The van der Waals surface area contributed by atoms with Crippen molar-refractivity contribution >= 4 is 48.9 Å². The molecular formula is C39H52N4O7Si. The van der Waals surface area contributed by atoms with E-state index >= 15 is 0 Å². The molecule has 1 aromatic heterocycles. The van der Waals surface area contributed by atoms with E-state index in [-0.39, 0.29) is 29.9 Å². The minimum Gasteiger partial charge on any atom is -0.443 e. The van der Waals surface area contributed by atoms with Crippen molar-refractivity contribution < 1.29 is 33.1 Å². The van der Waals surface area contributed by atoms with Gasteiger partial charge < -0.3 is 23.7 Å². The van der Waals surface area contributed by atoms with Gasteiger partial charge in [-0.25, -0.2) is 9.59 Å². The number of carbonyl (C=O) groups is 4. The lowest BCUT2D eigenvalue weighted by atomic mass is 9.72. The Labute approximate surface area is 301 Å². The number of para-hydroxylation sites is 2. The second-order valence-corrected chi connectivity index (χ2v) is 22.4. The summed E-state index contributed by atoms with van der Waals surface area (Å²) < 4.78 is 19.9. The molecule has 4 atom stereocenters. The van der Waals surface area contributed by atoms with E-state index in [0.717, 1.165) is 10.9 Å². The Morgan fingerprint density at radius 2 is 1.41 bits per heavy atom. The first-order valence-corrected chi connectivity index (χ1v) is 20.6. The van der Waals surface area contributed by atoms with Crippen LogP contribution in [-0.2, 0) is 28.9 Å². The second-order valence-electron chi connectivity index (χ2n) is 17.6. The Hall–Kier alpha value is -4.16. The van der Waals surface area contributed by atoms with Gasteiger partial charge >= 0.3 is 12.2 Å². The maximum atomic E-state index is 15.0. The minimum absolute atomic E-state index is 0.0395. The van der Waals surface area contributed by atoms with Gasteiger partial charge in [-0.1, -0.05) is 57.2 Å². The highest BCUT2D eigenvalue weighted by molar-refractivity contribution is 6.74. The van der Waals surface area contributed by atoms with E-state index in [2.05, 4.69) is 33.9 Å². The Bertz CT molecular complexity index is 1920. The molecule has 0 bridgehead atoms. The number of rotatable bonds is 4. The number of fused-ring (bicyclic) bond motifs is 6. The van der Waals surface area contributed by atoms with Crippen molar-refractivity contribution in [2.75, 3.05) is 18.6 Å². The smallest absolute Gasteiger partial charge is 0.419 e. The van der Waals surface area contributed by atoms with Crippen LogP contribution in [0.5, 0.6) is 0 Å². The molecule has 0 spiro atoms. The SMILES string of the molecule is CN1C(=O)[C@@H]2C[C@]3(c4cn(C(=O)OC(C)(C)C)c5ccccc45)c4ccccc4N(C(=O)OC(C)(C)C)[C@@H]3N2C(=O)[C@@H]1CO[Si](C)(C)C(C)(C)C. The molecule has 6 rings (SSSR count). The molecule has 51 heavy (non-hydrogen) atoms. The van der Waals surface area contributed by atoms with Crippen molar-refractivity contribution in [3.05, 3.63) is 65.9 Å². The summed E-state index contributed by atoms with van der Waals surface area (Å²) in [5.74, 6) is -0.533. The van der Waals surface area contributed by atoms with Crippen LogP contribution in [0.15, 0.2) is 54.7 Å². The number of piperazine rings is 1. The molecule has 274 valence electrons. The third-order valence-corrected chi connectivity index (χ3v) is 15.4. The predicted molar refractivity (Wildman–Crippen MR) is 198 cm³/mol. The third-order valence-electron chi connectivity index (χ3n) is 10.9. The summed E-state index contributed by atoms with van der Waals surface area (Å²) in [5, 5.41) is 0.641. The number of nitrogens with zero attached hydrogens (tertiary/aromatic N) is 4. The number of anilines is 1. The van der Waals surface area contributed by atoms with Crippen LogP contribution in [0.25, 0.3) is 10.9 Å². The van der Waals surface area contributed by atoms with Crippen molar-refractivity contribution in [1.29, 1.82) is 0 Å². The quantitative estimate of drug-likeness (QED) is 0.262. The number of carbonyl (C=O) groups excluding carboxylic acids is 4. The molecule has 0 radical (unpaired) electrons. The molecule has 2 fully saturated rings. The van der Waals surface area contributed by atoms with Gasteiger partial charge in [-0.2, -0.15) is 0 Å². The predicted octanol–water partition coefficient (Wildman–Crippen LogP) is 7.26. The Balaban J connectivity index is 1.58. The highest BCUT2D eigenvalue weighted by atomic mass is 28.4. The Morgan fingerprint density at radius 3 is 2.04 bits per heavy atom. The van der Waals surface area contributed by atoms with E-state index in [1.54, 1.807) is 43.8 Å². The number of hydrogen-bond donors (Lipinski definition) is 0. The van der Waals surface area contributed by atoms with Gasteiger partial charge in [0.1, 0.15) is 29.5 Å².